The van der Waals surface area contributed by atoms with Crippen molar-refractivity contribution in [3.63, 3.8) is 0 Å². The van der Waals surface area contributed by atoms with Gasteiger partial charge in [-0.2, -0.15) is 4.98 Å². The third kappa shape index (κ3) is 3.69. The summed E-state index contributed by atoms with van der Waals surface area (Å²) in [6, 6.07) is 6.37. The lowest BCUT2D eigenvalue weighted by atomic mass is 9.85. The van der Waals surface area contributed by atoms with E-state index in [0.29, 0.717) is 40.4 Å². The molecule has 0 amide bonds. The lowest BCUT2D eigenvalue weighted by Gasteiger charge is -2.20. The maximum atomic E-state index is 12.8. The molecule has 0 unspecified atom stereocenters. The average molecular weight is 422 g/mol. The predicted molar refractivity (Wildman–Crippen MR) is 105 cm³/mol. The standard InChI is InChI=1S/C18H19N3O5S2/c1-24-14-7-13(8-15(9-14)25-2)21-28(22,23)16-6-12(10-27-16)17-19-18(26-20-17)11-4-3-5-11/h6-11,21H,3-5H2,1-2H3. The molecule has 10 heteroatoms. The number of thiophene rings is 1. The second kappa shape index (κ2) is 7.44. The van der Waals surface area contributed by atoms with Gasteiger partial charge in [-0.05, 0) is 18.9 Å². The largest absolute Gasteiger partial charge is 0.497 e. The fourth-order valence-corrected chi connectivity index (χ4v) is 5.02. The summed E-state index contributed by atoms with van der Waals surface area (Å²) in [6.45, 7) is 0. The van der Waals surface area contributed by atoms with E-state index in [0.717, 1.165) is 24.2 Å². The summed E-state index contributed by atoms with van der Waals surface area (Å²) in [4.78, 5) is 4.41. The van der Waals surface area contributed by atoms with Crippen LogP contribution < -0.4 is 14.2 Å². The van der Waals surface area contributed by atoms with E-state index >= 15 is 0 Å². The molecular formula is C18H19N3O5S2. The van der Waals surface area contributed by atoms with Gasteiger partial charge in [-0.1, -0.05) is 11.6 Å². The van der Waals surface area contributed by atoms with Gasteiger partial charge >= 0.3 is 0 Å². The number of benzene rings is 1. The van der Waals surface area contributed by atoms with E-state index < -0.39 is 10.0 Å². The summed E-state index contributed by atoms with van der Waals surface area (Å²) in [5.74, 6) is 2.33. The first-order valence-corrected chi connectivity index (χ1v) is 11.0. The summed E-state index contributed by atoms with van der Waals surface area (Å²) in [5, 5.41) is 5.69. The zero-order valence-electron chi connectivity index (χ0n) is 15.3. The Balaban J connectivity index is 1.56. The van der Waals surface area contributed by atoms with Crippen LogP contribution in [0, 0.1) is 0 Å². The number of sulfonamides is 1. The average Bonchev–Trinajstić information content (AvgIpc) is 3.29. The fourth-order valence-electron chi connectivity index (χ4n) is 2.82. The summed E-state index contributed by atoms with van der Waals surface area (Å²) < 4.78 is 43.9. The van der Waals surface area contributed by atoms with Crippen molar-refractivity contribution in [2.45, 2.75) is 29.4 Å². The highest BCUT2D eigenvalue weighted by atomic mass is 32.2. The molecule has 3 aromatic rings. The third-order valence-corrected chi connectivity index (χ3v) is 7.42. The quantitative estimate of drug-likeness (QED) is 0.617. The number of nitrogens with one attached hydrogen (secondary N) is 1. The Bertz CT molecular complexity index is 1060. The topological polar surface area (TPSA) is 104 Å². The minimum atomic E-state index is -3.78. The molecule has 1 aromatic carbocycles. The molecule has 148 valence electrons. The smallest absolute Gasteiger partial charge is 0.271 e. The van der Waals surface area contributed by atoms with Gasteiger partial charge < -0.3 is 14.0 Å². The van der Waals surface area contributed by atoms with Crippen LogP contribution in [-0.2, 0) is 10.0 Å². The number of hydrogen-bond donors (Lipinski definition) is 1. The summed E-state index contributed by atoms with van der Waals surface area (Å²) in [6.07, 6.45) is 3.28. The van der Waals surface area contributed by atoms with Crippen molar-refractivity contribution in [2.75, 3.05) is 18.9 Å². The first-order chi connectivity index (χ1) is 13.5. The molecule has 0 aliphatic heterocycles. The van der Waals surface area contributed by atoms with Crippen molar-refractivity contribution in [3.05, 3.63) is 35.5 Å². The van der Waals surface area contributed by atoms with E-state index in [-0.39, 0.29) is 4.21 Å². The van der Waals surface area contributed by atoms with Crippen molar-refractivity contribution in [3.8, 4) is 22.9 Å². The van der Waals surface area contributed by atoms with Crippen LogP contribution in [0.3, 0.4) is 0 Å². The van der Waals surface area contributed by atoms with E-state index in [9.17, 15) is 8.42 Å². The van der Waals surface area contributed by atoms with Crippen molar-refractivity contribution < 1.29 is 22.4 Å². The number of rotatable bonds is 7. The van der Waals surface area contributed by atoms with E-state index in [1.54, 1.807) is 29.6 Å². The molecule has 1 aliphatic carbocycles. The van der Waals surface area contributed by atoms with Crippen LogP contribution in [0.2, 0.25) is 0 Å². The predicted octanol–water partition coefficient (Wildman–Crippen LogP) is 3.88. The molecule has 4 rings (SSSR count). The van der Waals surface area contributed by atoms with Crippen LogP contribution in [0.15, 0.2) is 38.4 Å². The molecule has 0 bridgehead atoms. The highest BCUT2D eigenvalue weighted by Crippen LogP contribution is 2.37. The van der Waals surface area contributed by atoms with Gasteiger partial charge in [-0.25, -0.2) is 8.42 Å². The number of nitrogens with zero attached hydrogens (tertiary/aromatic N) is 2. The van der Waals surface area contributed by atoms with Gasteiger partial charge in [0.15, 0.2) is 0 Å². The molecule has 0 radical (unpaired) electrons. The number of methoxy groups -OCH3 is 2. The zero-order valence-corrected chi connectivity index (χ0v) is 17.0. The summed E-state index contributed by atoms with van der Waals surface area (Å²) in [7, 11) is -0.779. The Labute approximate surface area is 166 Å². The highest BCUT2D eigenvalue weighted by Gasteiger charge is 2.26. The maximum absolute atomic E-state index is 12.8. The Morgan fingerprint density at radius 1 is 1.14 bits per heavy atom. The maximum Gasteiger partial charge on any atom is 0.271 e. The molecule has 1 N–H and O–H groups in total. The second-order valence-corrected chi connectivity index (χ2v) is 9.27. The van der Waals surface area contributed by atoms with Gasteiger partial charge in [0.2, 0.25) is 11.7 Å². The van der Waals surface area contributed by atoms with Gasteiger partial charge in [0, 0.05) is 35.1 Å². The molecule has 8 nitrogen and oxygen atoms in total. The van der Waals surface area contributed by atoms with Crippen molar-refractivity contribution in [2.24, 2.45) is 0 Å². The van der Waals surface area contributed by atoms with Crippen LogP contribution in [0.5, 0.6) is 11.5 Å². The molecule has 1 fully saturated rings. The zero-order chi connectivity index (χ0) is 19.7. The molecular weight excluding hydrogens is 402 g/mol. The van der Waals surface area contributed by atoms with Crippen molar-refractivity contribution in [1.29, 1.82) is 0 Å². The van der Waals surface area contributed by atoms with E-state index in [4.69, 9.17) is 14.0 Å². The van der Waals surface area contributed by atoms with E-state index in [1.165, 1.54) is 20.6 Å². The molecule has 1 saturated carbocycles. The molecule has 2 aromatic heterocycles. The van der Waals surface area contributed by atoms with Gasteiger partial charge in [0.25, 0.3) is 10.0 Å². The monoisotopic (exact) mass is 421 g/mol. The summed E-state index contributed by atoms with van der Waals surface area (Å²) in [5.41, 5.74) is 0.959. The normalized spacial score (nSPS) is 14.5. The van der Waals surface area contributed by atoms with Crippen LogP contribution in [-0.4, -0.2) is 32.8 Å². The van der Waals surface area contributed by atoms with Crippen LogP contribution in [0.1, 0.15) is 31.1 Å². The minimum absolute atomic E-state index is 0.152. The van der Waals surface area contributed by atoms with Crippen molar-refractivity contribution >= 4 is 27.0 Å². The van der Waals surface area contributed by atoms with Gasteiger partial charge in [-0.3, -0.25) is 4.72 Å². The molecule has 1 aliphatic rings. The van der Waals surface area contributed by atoms with Crippen LogP contribution in [0.4, 0.5) is 5.69 Å². The lowest BCUT2D eigenvalue weighted by molar-refractivity contribution is 0.292. The Kier molecular flexibility index (Phi) is 4.98. The first kappa shape index (κ1) is 18.8. The van der Waals surface area contributed by atoms with E-state index in [1.807, 2.05) is 0 Å². The Hall–Kier alpha value is -2.59. The first-order valence-electron chi connectivity index (χ1n) is 8.67. The lowest BCUT2D eigenvalue weighted by Crippen LogP contribution is -2.11. The van der Waals surface area contributed by atoms with Gasteiger partial charge in [-0.15, -0.1) is 11.3 Å². The molecule has 2 heterocycles. The number of anilines is 1. The minimum Gasteiger partial charge on any atom is -0.497 e. The van der Waals surface area contributed by atoms with Crippen LogP contribution in [0.25, 0.3) is 11.4 Å². The van der Waals surface area contributed by atoms with Crippen LogP contribution >= 0.6 is 11.3 Å². The van der Waals surface area contributed by atoms with E-state index in [2.05, 4.69) is 14.9 Å². The number of hydrogen-bond acceptors (Lipinski definition) is 8. The van der Waals surface area contributed by atoms with Gasteiger partial charge in [0.1, 0.15) is 15.7 Å². The summed E-state index contributed by atoms with van der Waals surface area (Å²) >= 11 is 1.09. The second-order valence-electron chi connectivity index (χ2n) is 6.45. The fraction of sp³-hybridized carbons (Fsp3) is 0.333. The molecule has 0 atom stereocenters. The molecule has 28 heavy (non-hydrogen) atoms. The third-order valence-electron chi connectivity index (χ3n) is 4.60. The number of aromatic nitrogens is 2. The van der Waals surface area contributed by atoms with Crippen molar-refractivity contribution in [1.82, 2.24) is 10.1 Å². The highest BCUT2D eigenvalue weighted by molar-refractivity contribution is 7.94. The molecule has 0 spiro atoms. The van der Waals surface area contributed by atoms with Gasteiger partial charge in [0.05, 0.1) is 19.9 Å². The Morgan fingerprint density at radius 2 is 1.86 bits per heavy atom. The Morgan fingerprint density at radius 3 is 2.46 bits per heavy atom. The SMILES string of the molecule is COc1cc(NS(=O)(=O)c2cc(-c3noc(C4CCC4)n3)cs2)cc(OC)c1. The molecule has 0 saturated heterocycles. The number of ether oxygens (including phenoxy) is 2.